The van der Waals surface area contributed by atoms with Crippen molar-refractivity contribution in [2.75, 3.05) is 18.5 Å². The van der Waals surface area contributed by atoms with Gasteiger partial charge in [-0.2, -0.15) is 0 Å². The van der Waals surface area contributed by atoms with Crippen LogP contribution in [0.25, 0.3) is 0 Å². The number of nitrogens with one attached hydrogen (secondary N) is 1. The Morgan fingerprint density at radius 1 is 1.00 bits per heavy atom. The molecule has 0 unspecified atom stereocenters. The van der Waals surface area contributed by atoms with Crippen LogP contribution in [0.5, 0.6) is 5.75 Å². The van der Waals surface area contributed by atoms with E-state index in [0.717, 1.165) is 17.5 Å². The van der Waals surface area contributed by atoms with Crippen LogP contribution < -0.4 is 10.1 Å². The third-order valence-electron chi connectivity index (χ3n) is 6.16. The number of rotatable bonds is 4. The van der Waals surface area contributed by atoms with Crippen LogP contribution in [0.1, 0.15) is 45.9 Å². The average molecular weight is 412 g/mol. The Labute approximate surface area is 181 Å². The SMILES string of the molecule is CCOc1ccccc1NC(=O)[C@@H]1c2ccccc2C(=O)N2CCc3ccccc3[C@@H]12. The fraction of sp³-hybridized carbons (Fsp3) is 0.231. The maximum absolute atomic E-state index is 13.8. The maximum atomic E-state index is 13.8. The second-order valence-electron chi connectivity index (χ2n) is 7.88. The molecule has 0 saturated heterocycles. The second-order valence-corrected chi connectivity index (χ2v) is 7.88. The maximum Gasteiger partial charge on any atom is 0.254 e. The van der Waals surface area contributed by atoms with Crippen molar-refractivity contribution in [1.29, 1.82) is 0 Å². The number of benzene rings is 3. The van der Waals surface area contributed by atoms with Crippen LogP contribution in [0.2, 0.25) is 0 Å². The minimum atomic E-state index is -0.509. The fourth-order valence-corrected chi connectivity index (χ4v) is 4.82. The number of hydrogen-bond acceptors (Lipinski definition) is 3. The summed E-state index contributed by atoms with van der Waals surface area (Å²) in [5.74, 6) is -0.0165. The second kappa shape index (κ2) is 7.91. The molecule has 0 spiro atoms. The molecule has 0 aliphatic carbocycles. The summed E-state index contributed by atoms with van der Waals surface area (Å²) in [6.07, 6.45) is 0.794. The summed E-state index contributed by atoms with van der Waals surface area (Å²) in [6, 6.07) is 22.7. The zero-order valence-corrected chi connectivity index (χ0v) is 17.4. The van der Waals surface area contributed by atoms with Gasteiger partial charge < -0.3 is 15.0 Å². The largest absolute Gasteiger partial charge is 0.492 e. The van der Waals surface area contributed by atoms with Crippen molar-refractivity contribution in [2.24, 2.45) is 0 Å². The number of para-hydroxylation sites is 2. The number of ether oxygens (including phenoxy) is 1. The van der Waals surface area contributed by atoms with Gasteiger partial charge in [0, 0.05) is 12.1 Å². The minimum absolute atomic E-state index is 0.00568. The third-order valence-corrected chi connectivity index (χ3v) is 6.16. The number of fused-ring (bicyclic) bond motifs is 4. The number of amides is 2. The molecule has 2 amide bonds. The molecule has 5 rings (SSSR count). The van der Waals surface area contributed by atoms with E-state index in [1.165, 1.54) is 5.56 Å². The normalized spacial score (nSPS) is 19.1. The van der Waals surface area contributed by atoms with E-state index in [4.69, 9.17) is 4.74 Å². The third kappa shape index (κ3) is 3.26. The topological polar surface area (TPSA) is 58.6 Å². The first kappa shape index (κ1) is 19.4. The first-order valence-corrected chi connectivity index (χ1v) is 10.7. The van der Waals surface area contributed by atoms with E-state index in [2.05, 4.69) is 11.4 Å². The Morgan fingerprint density at radius 2 is 1.71 bits per heavy atom. The van der Waals surface area contributed by atoms with Crippen LogP contribution >= 0.6 is 0 Å². The average Bonchev–Trinajstić information content (AvgIpc) is 2.80. The standard InChI is InChI=1S/C26H24N2O3/c1-2-31-22-14-8-7-13-21(22)27-25(29)23-19-11-5-6-12-20(19)26(30)28-16-15-17-9-3-4-10-18(17)24(23)28/h3-14,23-24H,2,15-16H2,1H3,(H,27,29)/t23-,24+/m1/s1. The molecule has 2 atom stereocenters. The molecule has 0 radical (unpaired) electrons. The number of carbonyl (C=O) groups excluding carboxylic acids is 2. The van der Waals surface area contributed by atoms with Crippen molar-refractivity contribution in [3.63, 3.8) is 0 Å². The Kier molecular flexibility index (Phi) is 4.94. The van der Waals surface area contributed by atoms with E-state index in [1.807, 2.05) is 78.6 Å². The number of nitrogens with zero attached hydrogens (tertiary/aromatic N) is 1. The molecule has 2 aliphatic rings. The first-order valence-electron chi connectivity index (χ1n) is 10.7. The van der Waals surface area contributed by atoms with Crippen LogP contribution in [0.15, 0.2) is 72.8 Å². The molecule has 3 aromatic rings. The molecule has 5 nitrogen and oxygen atoms in total. The van der Waals surface area contributed by atoms with Gasteiger partial charge in [0.1, 0.15) is 5.75 Å². The van der Waals surface area contributed by atoms with Gasteiger partial charge >= 0.3 is 0 Å². The summed E-state index contributed by atoms with van der Waals surface area (Å²) < 4.78 is 5.70. The predicted octanol–water partition coefficient (Wildman–Crippen LogP) is 4.56. The van der Waals surface area contributed by atoms with Crippen molar-refractivity contribution in [3.05, 3.63) is 95.1 Å². The summed E-state index contributed by atoms with van der Waals surface area (Å²) >= 11 is 0. The fourth-order valence-electron chi connectivity index (χ4n) is 4.82. The van der Waals surface area contributed by atoms with Gasteiger partial charge in [0.2, 0.25) is 5.91 Å². The molecule has 1 N–H and O–H groups in total. The number of hydrogen-bond donors (Lipinski definition) is 1. The van der Waals surface area contributed by atoms with Gasteiger partial charge in [-0.15, -0.1) is 0 Å². The zero-order valence-electron chi connectivity index (χ0n) is 17.4. The van der Waals surface area contributed by atoms with Crippen molar-refractivity contribution < 1.29 is 14.3 Å². The van der Waals surface area contributed by atoms with Crippen LogP contribution in [0, 0.1) is 0 Å². The van der Waals surface area contributed by atoms with Gasteiger partial charge in [-0.25, -0.2) is 0 Å². The molecule has 3 aromatic carbocycles. The lowest BCUT2D eigenvalue weighted by Crippen LogP contribution is -2.49. The van der Waals surface area contributed by atoms with Gasteiger partial charge in [-0.1, -0.05) is 54.6 Å². The van der Waals surface area contributed by atoms with Crippen molar-refractivity contribution in [2.45, 2.75) is 25.3 Å². The van der Waals surface area contributed by atoms with Crippen LogP contribution in [0.4, 0.5) is 5.69 Å². The zero-order chi connectivity index (χ0) is 21.4. The van der Waals surface area contributed by atoms with Crippen molar-refractivity contribution >= 4 is 17.5 Å². The Hall–Kier alpha value is -3.60. The highest BCUT2D eigenvalue weighted by atomic mass is 16.5. The lowest BCUT2D eigenvalue weighted by molar-refractivity contribution is -0.119. The van der Waals surface area contributed by atoms with Gasteiger partial charge in [-0.3, -0.25) is 9.59 Å². The molecule has 31 heavy (non-hydrogen) atoms. The Bertz CT molecular complexity index is 1160. The van der Waals surface area contributed by atoms with Crippen molar-refractivity contribution in [3.8, 4) is 5.75 Å². The summed E-state index contributed by atoms with van der Waals surface area (Å²) in [5, 5.41) is 3.08. The molecular weight excluding hydrogens is 388 g/mol. The van der Waals surface area contributed by atoms with E-state index in [9.17, 15) is 9.59 Å². The summed E-state index contributed by atoms with van der Waals surface area (Å²) in [6.45, 7) is 3.03. The molecule has 5 heteroatoms. The molecule has 2 heterocycles. The minimum Gasteiger partial charge on any atom is -0.492 e. The molecule has 2 aliphatic heterocycles. The first-order chi connectivity index (χ1) is 15.2. The monoisotopic (exact) mass is 412 g/mol. The number of carbonyl (C=O) groups is 2. The lowest BCUT2D eigenvalue weighted by atomic mass is 9.76. The van der Waals surface area contributed by atoms with Crippen LogP contribution in [-0.2, 0) is 11.2 Å². The Balaban J connectivity index is 1.61. The molecule has 0 saturated carbocycles. The molecule has 0 aromatic heterocycles. The Morgan fingerprint density at radius 3 is 2.55 bits per heavy atom. The van der Waals surface area contributed by atoms with E-state index in [0.29, 0.717) is 30.2 Å². The van der Waals surface area contributed by atoms with Crippen LogP contribution in [0.3, 0.4) is 0 Å². The summed E-state index contributed by atoms with van der Waals surface area (Å²) in [5.41, 5.74) is 4.27. The predicted molar refractivity (Wildman–Crippen MR) is 119 cm³/mol. The highest BCUT2D eigenvalue weighted by Crippen LogP contribution is 2.46. The van der Waals surface area contributed by atoms with Crippen molar-refractivity contribution in [1.82, 2.24) is 4.90 Å². The van der Waals surface area contributed by atoms with Gasteiger partial charge in [0.15, 0.2) is 0 Å². The molecular formula is C26H24N2O3. The lowest BCUT2D eigenvalue weighted by Gasteiger charge is -2.45. The summed E-state index contributed by atoms with van der Waals surface area (Å²) in [7, 11) is 0. The van der Waals surface area contributed by atoms with E-state index < -0.39 is 5.92 Å². The summed E-state index contributed by atoms with van der Waals surface area (Å²) in [4.78, 5) is 28.9. The van der Waals surface area contributed by atoms with Gasteiger partial charge in [0.25, 0.3) is 5.91 Å². The van der Waals surface area contributed by atoms with E-state index in [-0.39, 0.29) is 17.9 Å². The smallest absolute Gasteiger partial charge is 0.254 e. The molecule has 0 fully saturated rings. The number of anilines is 1. The highest BCUT2D eigenvalue weighted by molar-refractivity contribution is 6.05. The molecule has 156 valence electrons. The van der Waals surface area contributed by atoms with E-state index >= 15 is 0 Å². The van der Waals surface area contributed by atoms with Gasteiger partial charge in [-0.05, 0) is 48.2 Å². The van der Waals surface area contributed by atoms with Gasteiger partial charge in [0.05, 0.1) is 24.3 Å². The quantitative estimate of drug-likeness (QED) is 0.683. The highest BCUT2D eigenvalue weighted by Gasteiger charge is 2.46. The van der Waals surface area contributed by atoms with E-state index in [1.54, 1.807) is 0 Å². The molecule has 0 bridgehead atoms. The van der Waals surface area contributed by atoms with Crippen LogP contribution in [-0.4, -0.2) is 29.9 Å².